The number of hydrogen-bond donors (Lipinski definition) is 1. The summed E-state index contributed by atoms with van der Waals surface area (Å²) in [6.45, 7) is -0.444. The van der Waals surface area contributed by atoms with Crippen molar-refractivity contribution < 1.29 is 13.2 Å². The van der Waals surface area contributed by atoms with E-state index in [9.17, 15) is 13.2 Å². The number of nitrogens with one attached hydrogen (secondary N) is 1. The number of carbonyl (C=O) groups excluding carboxylic acids is 1. The molecule has 0 saturated carbocycles. The molecule has 132 valence electrons. The van der Waals surface area contributed by atoms with Gasteiger partial charge in [0.1, 0.15) is 6.54 Å². The Bertz CT molecular complexity index is 884. The molecule has 2 rings (SSSR count). The zero-order valence-electron chi connectivity index (χ0n) is 13.2. The van der Waals surface area contributed by atoms with Gasteiger partial charge in [0.05, 0.1) is 23.2 Å². The number of benzene rings is 2. The summed E-state index contributed by atoms with van der Waals surface area (Å²) in [5.41, 5.74) is 3.24. The molecular formula is C16H15Cl2N3O3S. The Hall–Kier alpha value is -2.09. The molecular weight excluding hydrogens is 385 g/mol. The van der Waals surface area contributed by atoms with Crippen molar-refractivity contribution in [3.63, 3.8) is 0 Å². The van der Waals surface area contributed by atoms with Crippen molar-refractivity contribution in [2.24, 2.45) is 5.10 Å². The lowest BCUT2D eigenvalue weighted by atomic mass is 10.2. The van der Waals surface area contributed by atoms with Crippen LogP contribution >= 0.6 is 23.2 Å². The first-order chi connectivity index (χ1) is 11.8. The van der Waals surface area contributed by atoms with Gasteiger partial charge < -0.3 is 0 Å². The quantitative estimate of drug-likeness (QED) is 0.598. The van der Waals surface area contributed by atoms with Crippen LogP contribution in [0.2, 0.25) is 10.0 Å². The van der Waals surface area contributed by atoms with Crippen LogP contribution in [0.4, 0.5) is 5.69 Å². The van der Waals surface area contributed by atoms with E-state index < -0.39 is 22.5 Å². The Kier molecular flexibility index (Phi) is 6.41. The van der Waals surface area contributed by atoms with Crippen LogP contribution in [0.1, 0.15) is 5.56 Å². The number of rotatable bonds is 6. The van der Waals surface area contributed by atoms with Gasteiger partial charge in [0.15, 0.2) is 0 Å². The van der Waals surface area contributed by atoms with Crippen molar-refractivity contribution in [2.75, 3.05) is 17.1 Å². The van der Waals surface area contributed by atoms with Gasteiger partial charge >= 0.3 is 0 Å². The van der Waals surface area contributed by atoms with E-state index in [1.54, 1.807) is 42.5 Å². The third-order valence-corrected chi connectivity index (χ3v) is 4.78. The molecule has 2 aromatic rings. The molecule has 2 aromatic carbocycles. The third kappa shape index (κ3) is 5.74. The normalized spacial score (nSPS) is 11.5. The van der Waals surface area contributed by atoms with Crippen LogP contribution in [-0.4, -0.2) is 33.3 Å². The standard InChI is InChI=1S/C16H15Cl2N3O3S/c1-25(23,24)21(15-5-3-2-4-14(15)18)11-16(22)20-19-10-12-6-8-13(17)9-7-12/h2-10H,11H2,1H3,(H,20,22)/b19-10-. The fourth-order valence-electron chi connectivity index (χ4n) is 1.93. The molecule has 0 aliphatic carbocycles. The minimum absolute atomic E-state index is 0.225. The number of sulfonamides is 1. The van der Waals surface area contributed by atoms with Crippen molar-refractivity contribution >= 4 is 51.0 Å². The van der Waals surface area contributed by atoms with E-state index in [-0.39, 0.29) is 10.7 Å². The number of anilines is 1. The Balaban J connectivity index is 2.08. The highest BCUT2D eigenvalue weighted by molar-refractivity contribution is 7.92. The second-order valence-electron chi connectivity index (χ2n) is 5.07. The number of hydrazone groups is 1. The van der Waals surface area contributed by atoms with E-state index in [4.69, 9.17) is 23.2 Å². The van der Waals surface area contributed by atoms with Crippen molar-refractivity contribution in [3.8, 4) is 0 Å². The first-order valence-corrected chi connectivity index (χ1v) is 9.67. The van der Waals surface area contributed by atoms with Crippen molar-refractivity contribution in [2.45, 2.75) is 0 Å². The summed E-state index contributed by atoms with van der Waals surface area (Å²) in [5.74, 6) is -0.601. The van der Waals surface area contributed by atoms with Crippen LogP contribution in [-0.2, 0) is 14.8 Å². The molecule has 0 aliphatic rings. The molecule has 0 radical (unpaired) electrons. The summed E-state index contributed by atoms with van der Waals surface area (Å²) in [6.07, 6.45) is 2.43. The highest BCUT2D eigenvalue weighted by Crippen LogP contribution is 2.26. The van der Waals surface area contributed by atoms with E-state index in [2.05, 4.69) is 10.5 Å². The zero-order valence-corrected chi connectivity index (χ0v) is 15.5. The van der Waals surface area contributed by atoms with Gasteiger partial charge in [0.2, 0.25) is 10.0 Å². The fourth-order valence-corrected chi connectivity index (χ4v) is 3.21. The van der Waals surface area contributed by atoms with Gasteiger partial charge in [-0.25, -0.2) is 13.8 Å². The average Bonchev–Trinajstić information content (AvgIpc) is 2.54. The lowest BCUT2D eigenvalue weighted by Crippen LogP contribution is -2.39. The molecule has 0 atom stereocenters. The summed E-state index contributed by atoms with van der Waals surface area (Å²) in [6, 6.07) is 13.2. The first kappa shape index (κ1) is 19.2. The van der Waals surface area contributed by atoms with Crippen LogP contribution in [0.3, 0.4) is 0 Å². The molecule has 0 aliphatic heterocycles. The van der Waals surface area contributed by atoms with Gasteiger partial charge in [-0.2, -0.15) is 5.10 Å². The van der Waals surface area contributed by atoms with E-state index in [1.165, 1.54) is 12.3 Å². The fraction of sp³-hybridized carbons (Fsp3) is 0.125. The maximum atomic E-state index is 12.0. The van der Waals surface area contributed by atoms with Crippen molar-refractivity contribution in [1.82, 2.24) is 5.43 Å². The predicted octanol–water partition coefficient (Wildman–Crippen LogP) is 2.91. The Labute approximate surface area is 156 Å². The highest BCUT2D eigenvalue weighted by Gasteiger charge is 2.22. The second kappa shape index (κ2) is 8.33. The zero-order chi connectivity index (χ0) is 18.4. The van der Waals surface area contributed by atoms with Crippen LogP contribution < -0.4 is 9.73 Å². The summed E-state index contributed by atoms with van der Waals surface area (Å²) in [5, 5.41) is 4.62. The Morgan fingerprint density at radius 1 is 1.16 bits per heavy atom. The molecule has 9 heteroatoms. The van der Waals surface area contributed by atoms with Gasteiger partial charge in [0, 0.05) is 5.02 Å². The number of halogens is 2. The summed E-state index contributed by atoms with van der Waals surface area (Å²) < 4.78 is 24.9. The maximum absolute atomic E-state index is 12.0. The molecule has 1 amide bonds. The number of carbonyl (C=O) groups is 1. The van der Waals surface area contributed by atoms with Gasteiger partial charge in [-0.05, 0) is 29.8 Å². The molecule has 0 unspecified atom stereocenters. The minimum Gasteiger partial charge on any atom is -0.271 e. The Morgan fingerprint density at radius 3 is 2.40 bits per heavy atom. The molecule has 0 spiro atoms. The van der Waals surface area contributed by atoms with Gasteiger partial charge in [0.25, 0.3) is 5.91 Å². The van der Waals surface area contributed by atoms with Crippen LogP contribution in [0, 0.1) is 0 Å². The molecule has 1 N–H and O–H groups in total. The predicted molar refractivity (Wildman–Crippen MR) is 101 cm³/mol. The van der Waals surface area contributed by atoms with Gasteiger partial charge in [-0.3, -0.25) is 9.10 Å². The van der Waals surface area contributed by atoms with Gasteiger partial charge in [-0.15, -0.1) is 0 Å². The molecule has 0 bridgehead atoms. The van der Waals surface area contributed by atoms with E-state index in [0.717, 1.165) is 16.1 Å². The molecule has 0 saturated heterocycles. The highest BCUT2D eigenvalue weighted by atomic mass is 35.5. The van der Waals surface area contributed by atoms with Crippen LogP contribution in [0.25, 0.3) is 0 Å². The van der Waals surface area contributed by atoms with Crippen molar-refractivity contribution in [3.05, 3.63) is 64.1 Å². The third-order valence-electron chi connectivity index (χ3n) is 3.08. The molecule has 25 heavy (non-hydrogen) atoms. The number of para-hydroxylation sites is 1. The molecule has 0 heterocycles. The minimum atomic E-state index is -3.70. The lowest BCUT2D eigenvalue weighted by molar-refractivity contribution is -0.119. The molecule has 0 fully saturated rings. The van der Waals surface area contributed by atoms with E-state index >= 15 is 0 Å². The van der Waals surface area contributed by atoms with Crippen molar-refractivity contribution in [1.29, 1.82) is 0 Å². The largest absolute Gasteiger partial charge is 0.271 e. The maximum Gasteiger partial charge on any atom is 0.260 e. The SMILES string of the molecule is CS(=O)(=O)N(CC(=O)N/N=C\c1ccc(Cl)cc1)c1ccccc1Cl. The first-order valence-electron chi connectivity index (χ1n) is 7.07. The number of hydrogen-bond acceptors (Lipinski definition) is 4. The topological polar surface area (TPSA) is 78.8 Å². The van der Waals surface area contributed by atoms with E-state index in [1.807, 2.05) is 0 Å². The van der Waals surface area contributed by atoms with Crippen LogP contribution in [0.5, 0.6) is 0 Å². The lowest BCUT2D eigenvalue weighted by Gasteiger charge is -2.22. The number of nitrogens with zero attached hydrogens (tertiary/aromatic N) is 2. The molecule has 0 aromatic heterocycles. The Morgan fingerprint density at radius 2 is 1.80 bits per heavy atom. The second-order valence-corrected chi connectivity index (χ2v) is 7.82. The van der Waals surface area contributed by atoms with Gasteiger partial charge in [-0.1, -0.05) is 47.5 Å². The summed E-state index contributed by atoms with van der Waals surface area (Å²) >= 11 is 11.8. The monoisotopic (exact) mass is 399 g/mol. The molecule has 6 nitrogen and oxygen atoms in total. The summed E-state index contributed by atoms with van der Waals surface area (Å²) in [7, 11) is -3.70. The van der Waals surface area contributed by atoms with Crippen LogP contribution in [0.15, 0.2) is 53.6 Å². The van der Waals surface area contributed by atoms with E-state index in [0.29, 0.717) is 5.02 Å². The number of amides is 1. The smallest absolute Gasteiger partial charge is 0.260 e. The average molecular weight is 400 g/mol. The summed E-state index contributed by atoms with van der Waals surface area (Å²) in [4.78, 5) is 12.0.